The van der Waals surface area contributed by atoms with Crippen LogP contribution >= 0.6 is 0 Å². The van der Waals surface area contributed by atoms with Crippen molar-refractivity contribution in [3.63, 3.8) is 0 Å². The third kappa shape index (κ3) is 4.52. The van der Waals surface area contributed by atoms with E-state index in [0.29, 0.717) is 28.3 Å². The second-order valence-electron chi connectivity index (χ2n) is 5.69. The van der Waals surface area contributed by atoms with E-state index in [4.69, 9.17) is 5.26 Å². The molecule has 0 aliphatic heterocycles. The summed E-state index contributed by atoms with van der Waals surface area (Å²) in [5.74, 6) is 0.00527. The van der Waals surface area contributed by atoms with Crippen LogP contribution in [0.2, 0.25) is 0 Å². The smallest absolute Gasteiger partial charge is 0.275 e. The van der Waals surface area contributed by atoms with Gasteiger partial charge in [0, 0.05) is 16.9 Å². The number of nitriles is 1. The van der Waals surface area contributed by atoms with Crippen molar-refractivity contribution < 1.29 is 9.59 Å². The first kappa shape index (κ1) is 17.8. The van der Waals surface area contributed by atoms with Crippen LogP contribution < -0.4 is 10.6 Å². The van der Waals surface area contributed by atoms with Gasteiger partial charge in [-0.15, -0.1) is 0 Å². The molecule has 0 aliphatic carbocycles. The van der Waals surface area contributed by atoms with E-state index >= 15 is 0 Å². The van der Waals surface area contributed by atoms with Gasteiger partial charge in [-0.05, 0) is 49.4 Å². The Morgan fingerprint density at radius 1 is 1.00 bits per heavy atom. The van der Waals surface area contributed by atoms with Crippen LogP contribution in [0.5, 0.6) is 0 Å². The first-order chi connectivity index (χ1) is 13.0. The van der Waals surface area contributed by atoms with Gasteiger partial charge in [0.05, 0.1) is 24.0 Å². The van der Waals surface area contributed by atoms with Gasteiger partial charge in [0.1, 0.15) is 11.5 Å². The number of carbonyl (C=O) groups excluding carboxylic acids is 2. The molecule has 1 aromatic heterocycles. The fraction of sp³-hybridized carbons (Fsp3) is 0.0500. The summed E-state index contributed by atoms with van der Waals surface area (Å²) >= 11 is 0. The lowest BCUT2D eigenvalue weighted by Gasteiger charge is -2.07. The van der Waals surface area contributed by atoms with Gasteiger partial charge in [0.15, 0.2) is 5.78 Å². The quantitative estimate of drug-likeness (QED) is 0.676. The molecule has 0 unspecified atom stereocenters. The van der Waals surface area contributed by atoms with Crippen LogP contribution in [0.4, 0.5) is 17.2 Å². The minimum absolute atomic E-state index is 0.0397. The van der Waals surface area contributed by atoms with Crippen LogP contribution in [0, 0.1) is 11.3 Å². The molecule has 0 spiro atoms. The zero-order valence-electron chi connectivity index (χ0n) is 14.4. The Morgan fingerprint density at radius 2 is 1.78 bits per heavy atom. The van der Waals surface area contributed by atoms with Gasteiger partial charge < -0.3 is 10.6 Å². The molecule has 3 rings (SSSR count). The number of hydrogen-bond donors (Lipinski definition) is 2. The molecule has 2 N–H and O–H groups in total. The van der Waals surface area contributed by atoms with Crippen molar-refractivity contribution in [2.45, 2.75) is 6.92 Å². The zero-order valence-corrected chi connectivity index (χ0v) is 14.4. The van der Waals surface area contributed by atoms with Crippen molar-refractivity contribution in [3.05, 3.63) is 77.7 Å². The van der Waals surface area contributed by atoms with Gasteiger partial charge in [0.2, 0.25) is 0 Å². The fourth-order valence-corrected chi connectivity index (χ4v) is 2.31. The second kappa shape index (κ2) is 7.89. The maximum Gasteiger partial charge on any atom is 0.275 e. The zero-order chi connectivity index (χ0) is 19.2. The van der Waals surface area contributed by atoms with Gasteiger partial charge in [-0.25, -0.2) is 9.97 Å². The number of aromatic nitrogens is 2. The van der Waals surface area contributed by atoms with E-state index in [-0.39, 0.29) is 11.5 Å². The van der Waals surface area contributed by atoms with Crippen molar-refractivity contribution in [2.75, 3.05) is 10.6 Å². The Kier molecular flexibility index (Phi) is 5.19. The highest BCUT2D eigenvalue weighted by molar-refractivity contribution is 6.03. The highest BCUT2D eigenvalue weighted by Gasteiger charge is 2.09. The van der Waals surface area contributed by atoms with Crippen molar-refractivity contribution in [1.82, 2.24) is 9.97 Å². The molecular formula is C20H15N5O2. The van der Waals surface area contributed by atoms with Crippen LogP contribution in [0.25, 0.3) is 0 Å². The predicted octanol–water partition coefficient (Wildman–Crippen LogP) is 3.55. The Hall–Kier alpha value is -4.05. The average Bonchev–Trinajstić information content (AvgIpc) is 2.69. The van der Waals surface area contributed by atoms with Crippen LogP contribution in [-0.4, -0.2) is 21.7 Å². The molecule has 0 saturated heterocycles. The van der Waals surface area contributed by atoms with Crippen molar-refractivity contribution >= 4 is 28.9 Å². The molecule has 0 saturated carbocycles. The highest BCUT2D eigenvalue weighted by atomic mass is 16.2. The molecule has 27 heavy (non-hydrogen) atoms. The van der Waals surface area contributed by atoms with E-state index in [2.05, 4.69) is 26.7 Å². The SMILES string of the molecule is CC(=O)c1ccc(NC(=O)c2cnc(Nc3cccc(C#N)c3)cn2)cc1. The molecule has 2 aromatic carbocycles. The summed E-state index contributed by atoms with van der Waals surface area (Å²) < 4.78 is 0. The molecule has 1 amide bonds. The molecule has 0 radical (unpaired) electrons. The number of nitrogens with one attached hydrogen (secondary N) is 2. The van der Waals surface area contributed by atoms with Gasteiger partial charge in [-0.1, -0.05) is 6.07 Å². The predicted molar refractivity (Wildman–Crippen MR) is 101 cm³/mol. The van der Waals surface area contributed by atoms with E-state index < -0.39 is 5.91 Å². The molecule has 1 heterocycles. The van der Waals surface area contributed by atoms with Crippen molar-refractivity contribution in [1.29, 1.82) is 5.26 Å². The normalized spacial score (nSPS) is 9.93. The molecule has 3 aromatic rings. The van der Waals surface area contributed by atoms with Gasteiger partial charge in [-0.2, -0.15) is 5.26 Å². The number of ketones is 1. The monoisotopic (exact) mass is 357 g/mol. The summed E-state index contributed by atoms with van der Waals surface area (Å²) in [5.41, 5.74) is 2.51. The average molecular weight is 357 g/mol. The number of Topliss-reactive ketones (excluding diaryl/α,β-unsaturated/α-hetero) is 1. The molecule has 132 valence electrons. The third-order valence-electron chi connectivity index (χ3n) is 3.70. The van der Waals surface area contributed by atoms with E-state index in [1.54, 1.807) is 48.5 Å². The minimum Gasteiger partial charge on any atom is -0.339 e. The Morgan fingerprint density at radius 3 is 2.41 bits per heavy atom. The summed E-state index contributed by atoms with van der Waals surface area (Å²) in [4.78, 5) is 31.8. The summed E-state index contributed by atoms with van der Waals surface area (Å²) in [7, 11) is 0. The number of benzene rings is 2. The summed E-state index contributed by atoms with van der Waals surface area (Å²) in [6.45, 7) is 1.48. The van der Waals surface area contributed by atoms with Crippen LogP contribution in [0.1, 0.15) is 33.3 Å². The van der Waals surface area contributed by atoms with Gasteiger partial charge in [-0.3, -0.25) is 9.59 Å². The lowest BCUT2D eigenvalue weighted by molar-refractivity contribution is 0.101. The molecule has 0 atom stereocenters. The molecule has 0 aliphatic rings. The number of nitrogens with zero attached hydrogens (tertiary/aromatic N) is 3. The number of anilines is 3. The fourth-order valence-electron chi connectivity index (χ4n) is 2.31. The Bertz CT molecular complexity index is 1020. The number of carbonyl (C=O) groups is 2. The van der Waals surface area contributed by atoms with E-state index in [0.717, 1.165) is 0 Å². The summed E-state index contributed by atoms with van der Waals surface area (Å²) in [5, 5.41) is 14.6. The standard InChI is InChI=1S/C20H15N5O2/c1-13(26)15-5-7-16(8-6-15)25-20(27)18-11-23-19(12-22-18)24-17-4-2-3-14(9-17)10-21/h2-9,11-12H,1H3,(H,23,24)(H,25,27). The third-order valence-corrected chi connectivity index (χ3v) is 3.70. The lowest BCUT2D eigenvalue weighted by atomic mass is 10.1. The maximum absolute atomic E-state index is 12.2. The molecule has 7 heteroatoms. The van der Waals surface area contributed by atoms with Crippen molar-refractivity contribution in [2.24, 2.45) is 0 Å². The summed E-state index contributed by atoms with van der Waals surface area (Å²) in [6.07, 6.45) is 2.79. The Balaban J connectivity index is 1.66. The van der Waals surface area contributed by atoms with Crippen LogP contribution in [-0.2, 0) is 0 Å². The molecular weight excluding hydrogens is 342 g/mol. The van der Waals surface area contributed by atoms with Crippen LogP contribution in [0.3, 0.4) is 0 Å². The topological polar surface area (TPSA) is 108 Å². The van der Waals surface area contributed by atoms with E-state index in [1.807, 2.05) is 0 Å². The first-order valence-corrected chi connectivity index (χ1v) is 8.07. The highest BCUT2D eigenvalue weighted by Crippen LogP contribution is 2.16. The molecule has 0 bridgehead atoms. The largest absolute Gasteiger partial charge is 0.339 e. The number of amides is 1. The molecule has 7 nitrogen and oxygen atoms in total. The lowest BCUT2D eigenvalue weighted by Crippen LogP contribution is -2.14. The van der Waals surface area contributed by atoms with Crippen molar-refractivity contribution in [3.8, 4) is 6.07 Å². The van der Waals surface area contributed by atoms with Gasteiger partial charge >= 0.3 is 0 Å². The number of hydrogen-bond acceptors (Lipinski definition) is 6. The number of rotatable bonds is 5. The minimum atomic E-state index is -0.406. The van der Waals surface area contributed by atoms with E-state index in [1.165, 1.54) is 19.3 Å². The Labute approximate surface area is 155 Å². The van der Waals surface area contributed by atoms with Gasteiger partial charge in [0.25, 0.3) is 5.91 Å². The van der Waals surface area contributed by atoms with Crippen LogP contribution in [0.15, 0.2) is 60.9 Å². The summed E-state index contributed by atoms with van der Waals surface area (Å²) in [6, 6.07) is 15.6. The molecule has 0 fully saturated rings. The van der Waals surface area contributed by atoms with E-state index in [9.17, 15) is 9.59 Å². The second-order valence-corrected chi connectivity index (χ2v) is 5.69. The first-order valence-electron chi connectivity index (χ1n) is 8.07. The maximum atomic E-state index is 12.2.